The highest BCUT2D eigenvalue weighted by Crippen LogP contribution is 2.37. The third-order valence-electron chi connectivity index (χ3n) is 2.59. The van der Waals surface area contributed by atoms with E-state index in [0.717, 1.165) is 10.6 Å². The van der Waals surface area contributed by atoms with Crippen LogP contribution in [0.3, 0.4) is 0 Å². The number of benzene rings is 1. The molecule has 0 amide bonds. The summed E-state index contributed by atoms with van der Waals surface area (Å²) in [5.74, 6) is 0. The predicted octanol–water partition coefficient (Wildman–Crippen LogP) is 3.01. The Kier molecular flexibility index (Phi) is 3.09. The fourth-order valence-electron chi connectivity index (χ4n) is 1.74. The number of fused-ring (bicyclic) bond motifs is 1. The molecule has 0 aliphatic heterocycles. The zero-order valence-corrected chi connectivity index (χ0v) is 10.3. The SMILES string of the molecule is CCn1c(=O)sc2c([N+](=O)[O-])cc(C(F)(F)F)cc21. The molecule has 0 aliphatic rings. The summed E-state index contributed by atoms with van der Waals surface area (Å²) in [5.41, 5.74) is -1.88. The standard InChI is InChI=1S/C10H7F3N2O3S/c1-2-14-6-3-5(10(11,12)13)4-7(15(17)18)8(6)19-9(14)16/h3-4H,2H2,1H3. The normalized spacial score (nSPS) is 12.0. The number of nitro benzene ring substituents is 1. The van der Waals surface area contributed by atoms with Gasteiger partial charge < -0.3 is 0 Å². The number of hydrogen-bond acceptors (Lipinski definition) is 4. The molecule has 0 aliphatic carbocycles. The number of nitro groups is 1. The van der Waals surface area contributed by atoms with Crippen LogP contribution in [0.1, 0.15) is 12.5 Å². The van der Waals surface area contributed by atoms with Gasteiger partial charge in [0, 0.05) is 12.6 Å². The number of hydrogen-bond donors (Lipinski definition) is 0. The van der Waals surface area contributed by atoms with Crippen molar-refractivity contribution in [2.45, 2.75) is 19.6 Å². The summed E-state index contributed by atoms with van der Waals surface area (Å²) in [6, 6.07) is 1.22. The van der Waals surface area contributed by atoms with Crippen LogP contribution in [0.15, 0.2) is 16.9 Å². The molecule has 0 fully saturated rings. The first-order chi connectivity index (χ1) is 8.75. The van der Waals surface area contributed by atoms with Gasteiger partial charge in [-0.05, 0) is 13.0 Å². The fraction of sp³-hybridized carbons (Fsp3) is 0.300. The Labute approximate surface area is 108 Å². The van der Waals surface area contributed by atoms with Gasteiger partial charge in [-0.3, -0.25) is 19.5 Å². The van der Waals surface area contributed by atoms with Gasteiger partial charge in [0.15, 0.2) is 0 Å². The Hall–Kier alpha value is -1.90. The molecule has 1 heterocycles. The van der Waals surface area contributed by atoms with Crippen molar-refractivity contribution in [3.8, 4) is 0 Å². The minimum Gasteiger partial charge on any atom is -0.299 e. The molecular formula is C10H7F3N2O3S. The molecule has 19 heavy (non-hydrogen) atoms. The van der Waals surface area contributed by atoms with E-state index in [2.05, 4.69) is 0 Å². The second-order valence-electron chi connectivity index (χ2n) is 3.71. The Morgan fingerprint density at radius 2 is 2.05 bits per heavy atom. The van der Waals surface area contributed by atoms with Crippen molar-refractivity contribution in [3.63, 3.8) is 0 Å². The molecule has 1 aromatic carbocycles. The first-order valence-electron chi connectivity index (χ1n) is 5.14. The molecule has 102 valence electrons. The van der Waals surface area contributed by atoms with Crippen LogP contribution >= 0.6 is 11.3 Å². The third kappa shape index (κ3) is 2.21. The Balaban J connectivity index is 2.92. The van der Waals surface area contributed by atoms with Crippen LogP contribution in [0.5, 0.6) is 0 Å². The predicted molar refractivity (Wildman–Crippen MR) is 63.4 cm³/mol. The molecule has 5 nitrogen and oxygen atoms in total. The van der Waals surface area contributed by atoms with Crippen LogP contribution in [0.2, 0.25) is 0 Å². The van der Waals surface area contributed by atoms with E-state index in [1.54, 1.807) is 6.92 Å². The summed E-state index contributed by atoms with van der Waals surface area (Å²) in [4.78, 5) is 21.0. The molecule has 0 bridgehead atoms. The number of non-ortho nitro benzene ring substituents is 1. The van der Waals surface area contributed by atoms with E-state index in [1.807, 2.05) is 0 Å². The molecular weight excluding hydrogens is 285 g/mol. The van der Waals surface area contributed by atoms with Gasteiger partial charge in [0.1, 0.15) is 4.70 Å². The quantitative estimate of drug-likeness (QED) is 0.631. The van der Waals surface area contributed by atoms with Gasteiger partial charge in [0.05, 0.1) is 16.0 Å². The van der Waals surface area contributed by atoms with Gasteiger partial charge in [-0.1, -0.05) is 11.3 Å². The first-order valence-corrected chi connectivity index (χ1v) is 5.96. The van der Waals surface area contributed by atoms with E-state index in [9.17, 15) is 28.1 Å². The van der Waals surface area contributed by atoms with E-state index in [-0.39, 0.29) is 16.8 Å². The molecule has 0 unspecified atom stereocenters. The minimum atomic E-state index is -4.70. The lowest BCUT2D eigenvalue weighted by atomic mass is 10.1. The van der Waals surface area contributed by atoms with Crippen molar-refractivity contribution in [3.05, 3.63) is 37.5 Å². The number of aryl methyl sites for hydroxylation is 1. The van der Waals surface area contributed by atoms with Crippen LogP contribution < -0.4 is 4.87 Å². The molecule has 0 saturated heterocycles. The molecule has 2 rings (SSSR count). The van der Waals surface area contributed by atoms with Gasteiger partial charge in [0.25, 0.3) is 5.69 Å². The van der Waals surface area contributed by atoms with E-state index in [1.165, 1.54) is 0 Å². The van der Waals surface area contributed by atoms with E-state index < -0.39 is 27.2 Å². The molecule has 0 atom stereocenters. The molecule has 0 saturated carbocycles. The maximum Gasteiger partial charge on any atom is 0.416 e. The lowest BCUT2D eigenvalue weighted by Crippen LogP contribution is -2.11. The van der Waals surface area contributed by atoms with Crippen molar-refractivity contribution >= 4 is 27.2 Å². The van der Waals surface area contributed by atoms with Crippen LogP contribution in [0, 0.1) is 10.1 Å². The zero-order chi connectivity index (χ0) is 14.4. The summed E-state index contributed by atoms with van der Waals surface area (Å²) in [7, 11) is 0. The van der Waals surface area contributed by atoms with Crippen molar-refractivity contribution in [2.24, 2.45) is 0 Å². The van der Waals surface area contributed by atoms with Crippen molar-refractivity contribution in [1.82, 2.24) is 4.57 Å². The molecule has 1 aromatic heterocycles. The topological polar surface area (TPSA) is 65.1 Å². The lowest BCUT2D eigenvalue weighted by molar-refractivity contribution is -0.383. The van der Waals surface area contributed by atoms with Gasteiger partial charge in [-0.25, -0.2) is 0 Å². The van der Waals surface area contributed by atoms with Crippen molar-refractivity contribution < 1.29 is 18.1 Å². The summed E-state index contributed by atoms with van der Waals surface area (Å²) in [6.45, 7) is 1.73. The third-order valence-corrected chi connectivity index (χ3v) is 3.61. The zero-order valence-electron chi connectivity index (χ0n) is 9.52. The average molecular weight is 292 g/mol. The molecule has 0 radical (unpaired) electrons. The summed E-state index contributed by atoms with van der Waals surface area (Å²) in [5, 5.41) is 10.8. The van der Waals surface area contributed by atoms with E-state index >= 15 is 0 Å². The largest absolute Gasteiger partial charge is 0.416 e. The highest BCUT2D eigenvalue weighted by molar-refractivity contribution is 7.17. The number of halogens is 3. The van der Waals surface area contributed by atoms with Gasteiger partial charge in [0.2, 0.25) is 0 Å². The molecule has 2 aromatic rings. The van der Waals surface area contributed by atoms with E-state index in [4.69, 9.17) is 0 Å². The maximum absolute atomic E-state index is 12.7. The monoisotopic (exact) mass is 292 g/mol. The number of aromatic nitrogens is 1. The van der Waals surface area contributed by atoms with Gasteiger partial charge in [-0.2, -0.15) is 13.2 Å². The van der Waals surface area contributed by atoms with Crippen molar-refractivity contribution in [1.29, 1.82) is 0 Å². The second kappa shape index (κ2) is 4.34. The smallest absolute Gasteiger partial charge is 0.299 e. The first kappa shape index (κ1) is 13.5. The summed E-state index contributed by atoms with van der Waals surface area (Å²) >= 11 is 0.576. The summed E-state index contributed by atoms with van der Waals surface area (Å²) in [6.07, 6.45) is -4.70. The lowest BCUT2D eigenvalue weighted by Gasteiger charge is -2.07. The number of thiazole rings is 1. The Morgan fingerprint density at radius 3 is 2.53 bits per heavy atom. The van der Waals surface area contributed by atoms with Crippen LogP contribution in [0.4, 0.5) is 18.9 Å². The van der Waals surface area contributed by atoms with Crippen LogP contribution in [0.25, 0.3) is 10.2 Å². The summed E-state index contributed by atoms with van der Waals surface area (Å²) < 4.78 is 39.1. The molecule has 0 spiro atoms. The second-order valence-corrected chi connectivity index (χ2v) is 4.67. The molecule has 0 N–H and O–H groups in total. The number of rotatable bonds is 2. The Bertz CT molecular complexity index is 717. The minimum absolute atomic E-state index is 0.0372. The fourth-order valence-corrected chi connectivity index (χ4v) is 2.77. The van der Waals surface area contributed by atoms with Gasteiger partial charge in [-0.15, -0.1) is 0 Å². The average Bonchev–Trinajstić information content (AvgIpc) is 2.61. The van der Waals surface area contributed by atoms with Crippen LogP contribution in [-0.2, 0) is 12.7 Å². The highest BCUT2D eigenvalue weighted by atomic mass is 32.1. The number of nitrogens with zero attached hydrogens (tertiary/aromatic N) is 2. The van der Waals surface area contributed by atoms with Crippen LogP contribution in [-0.4, -0.2) is 9.49 Å². The highest BCUT2D eigenvalue weighted by Gasteiger charge is 2.34. The Morgan fingerprint density at radius 1 is 1.42 bits per heavy atom. The number of alkyl halides is 3. The van der Waals surface area contributed by atoms with Crippen molar-refractivity contribution in [2.75, 3.05) is 0 Å². The van der Waals surface area contributed by atoms with E-state index in [0.29, 0.717) is 17.4 Å². The van der Waals surface area contributed by atoms with Gasteiger partial charge >= 0.3 is 11.0 Å². The maximum atomic E-state index is 12.7. The molecule has 9 heteroatoms.